The van der Waals surface area contributed by atoms with Gasteiger partial charge in [0.25, 0.3) is 15.9 Å². The number of amides is 1. The molecular weight excluding hydrogens is 396 g/mol. The summed E-state index contributed by atoms with van der Waals surface area (Å²) < 4.78 is 27.1. The third-order valence-corrected chi connectivity index (χ3v) is 6.27. The van der Waals surface area contributed by atoms with Gasteiger partial charge in [-0.3, -0.25) is 9.10 Å². The third-order valence-electron chi connectivity index (χ3n) is 4.25. The minimum absolute atomic E-state index is 0.158. The van der Waals surface area contributed by atoms with Crippen molar-refractivity contribution in [3.8, 4) is 0 Å². The zero-order chi connectivity index (χ0) is 20.3. The van der Waals surface area contributed by atoms with Crippen LogP contribution in [0, 0.1) is 6.92 Å². The van der Waals surface area contributed by atoms with Gasteiger partial charge in [0, 0.05) is 17.8 Å². The second-order valence-corrected chi connectivity index (χ2v) is 8.67. The number of carbonyl (C=O) groups excluding carboxylic acids is 1. The molecule has 0 unspecified atom stereocenters. The second-order valence-electron chi connectivity index (χ2n) is 6.27. The first-order chi connectivity index (χ1) is 13.3. The zero-order valence-electron chi connectivity index (χ0n) is 15.4. The van der Waals surface area contributed by atoms with Crippen molar-refractivity contribution in [2.45, 2.75) is 11.8 Å². The van der Waals surface area contributed by atoms with Crippen LogP contribution in [0.15, 0.2) is 77.7 Å². The van der Waals surface area contributed by atoms with Crippen molar-refractivity contribution in [3.05, 3.63) is 88.9 Å². The normalized spacial score (nSPS) is 11.1. The van der Waals surface area contributed by atoms with Gasteiger partial charge in [-0.15, -0.1) is 0 Å². The molecule has 3 rings (SSSR count). The fraction of sp³-hybridized carbons (Fsp3) is 0.0952. The maximum absolute atomic E-state index is 13.0. The maximum atomic E-state index is 13.0. The van der Waals surface area contributed by atoms with Crippen LogP contribution in [0.2, 0.25) is 5.02 Å². The van der Waals surface area contributed by atoms with Crippen molar-refractivity contribution in [2.24, 2.45) is 0 Å². The molecule has 5 nitrogen and oxygen atoms in total. The Hall–Kier alpha value is -2.83. The van der Waals surface area contributed by atoms with E-state index < -0.39 is 15.9 Å². The van der Waals surface area contributed by atoms with Crippen molar-refractivity contribution in [1.29, 1.82) is 0 Å². The molecular formula is C21H19ClN2O3S. The number of sulfonamides is 1. The molecule has 0 spiro atoms. The molecule has 7 heteroatoms. The van der Waals surface area contributed by atoms with Gasteiger partial charge in [0.05, 0.1) is 16.1 Å². The highest BCUT2D eigenvalue weighted by molar-refractivity contribution is 7.92. The second kappa shape index (κ2) is 8.04. The molecule has 0 aromatic heterocycles. The molecule has 1 N–H and O–H groups in total. The monoisotopic (exact) mass is 414 g/mol. The molecule has 28 heavy (non-hydrogen) atoms. The molecule has 0 aliphatic heterocycles. The zero-order valence-corrected chi connectivity index (χ0v) is 17.0. The first kappa shape index (κ1) is 19.9. The van der Waals surface area contributed by atoms with Crippen molar-refractivity contribution in [3.63, 3.8) is 0 Å². The summed E-state index contributed by atoms with van der Waals surface area (Å²) in [6.45, 7) is 1.88. The van der Waals surface area contributed by atoms with Crippen LogP contribution in [0.1, 0.15) is 15.9 Å². The summed E-state index contributed by atoms with van der Waals surface area (Å²) in [5.74, 6) is -0.427. The van der Waals surface area contributed by atoms with E-state index >= 15 is 0 Å². The van der Waals surface area contributed by atoms with Crippen LogP contribution in [-0.2, 0) is 10.0 Å². The van der Waals surface area contributed by atoms with Crippen LogP contribution in [0.5, 0.6) is 0 Å². The highest BCUT2D eigenvalue weighted by atomic mass is 35.5. The van der Waals surface area contributed by atoms with Crippen molar-refractivity contribution < 1.29 is 13.2 Å². The lowest BCUT2D eigenvalue weighted by atomic mass is 10.1. The van der Waals surface area contributed by atoms with E-state index in [1.54, 1.807) is 72.8 Å². The number of halogens is 1. The van der Waals surface area contributed by atoms with Crippen LogP contribution >= 0.6 is 11.6 Å². The SMILES string of the molecule is Cc1ccc(S(=O)(=O)N(C)c2ccccc2C(=O)Nc2cccc(Cl)c2)cc1. The standard InChI is InChI=1S/C21H19ClN2O3S/c1-15-10-12-18(13-11-15)28(26,27)24(2)20-9-4-3-8-19(20)21(25)23-17-7-5-6-16(22)14-17/h3-14H,1-2H3,(H,23,25). The number of carbonyl (C=O) groups is 1. The summed E-state index contributed by atoms with van der Waals surface area (Å²) in [7, 11) is -2.38. The average Bonchev–Trinajstić information content (AvgIpc) is 2.67. The first-order valence-corrected chi connectivity index (χ1v) is 10.3. The Morgan fingerprint density at radius 2 is 1.64 bits per heavy atom. The summed E-state index contributed by atoms with van der Waals surface area (Å²) in [5.41, 5.74) is 2.00. The van der Waals surface area contributed by atoms with E-state index in [-0.39, 0.29) is 16.1 Å². The fourth-order valence-corrected chi connectivity index (χ4v) is 4.11. The number of nitrogens with one attached hydrogen (secondary N) is 1. The Morgan fingerprint density at radius 3 is 2.32 bits per heavy atom. The fourth-order valence-electron chi connectivity index (χ4n) is 2.70. The lowest BCUT2D eigenvalue weighted by molar-refractivity contribution is 0.102. The van der Waals surface area contributed by atoms with E-state index in [2.05, 4.69) is 5.32 Å². The molecule has 0 heterocycles. The summed E-state index contributed by atoms with van der Waals surface area (Å²) in [4.78, 5) is 12.9. The molecule has 0 fully saturated rings. The molecule has 0 aliphatic rings. The minimum Gasteiger partial charge on any atom is -0.322 e. The summed E-state index contributed by atoms with van der Waals surface area (Å²) in [6, 6.07) is 19.9. The topological polar surface area (TPSA) is 66.5 Å². The molecule has 0 aliphatic carbocycles. The molecule has 3 aromatic rings. The number of anilines is 2. The number of rotatable bonds is 5. The van der Waals surface area contributed by atoms with Crippen LogP contribution in [0.25, 0.3) is 0 Å². The Labute approximate surface area is 169 Å². The highest BCUT2D eigenvalue weighted by Crippen LogP contribution is 2.27. The van der Waals surface area contributed by atoms with Gasteiger partial charge in [-0.05, 0) is 49.4 Å². The van der Waals surface area contributed by atoms with E-state index in [1.165, 1.54) is 7.05 Å². The predicted octanol–water partition coefficient (Wildman–Crippen LogP) is 4.73. The van der Waals surface area contributed by atoms with Crippen LogP contribution < -0.4 is 9.62 Å². The smallest absolute Gasteiger partial charge is 0.264 e. The summed E-state index contributed by atoms with van der Waals surface area (Å²) >= 11 is 5.96. The highest BCUT2D eigenvalue weighted by Gasteiger charge is 2.25. The van der Waals surface area contributed by atoms with E-state index in [0.29, 0.717) is 10.7 Å². The molecule has 0 bridgehead atoms. The number of aryl methyl sites for hydroxylation is 1. The molecule has 1 amide bonds. The van der Waals surface area contributed by atoms with Gasteiger partial charge in [-0.2, -0.15) is 0 Å². The van der Waals surface area contributed by atoms with Crippen molar-refractivity contribution in [1.82, 2.24) is 0 Å². The first-order valence-electron chi connectivity index (χ1n) is 8.50. The molecule has 0 saturated heterocycles. The van der Waals surface area contributed by atoms with Crippen LogP contribution in [0.3, 0.4) is 0 Å². The van der Waals surface area contributed by atoms with Gasteiger partial charge in [0.15, 0.2) is 0 Å². The largest absolute Gasteiger partial charge is 0.322 e. The molecule has 0 saturated carbocycles. The lowest BCUT2D eigenvalue weighted by Crippen LogP contribution is -2.29. The van der Waals surface area contributed by atoms with Crippen molar-refractivity contribution >= 4 is 38.9 Å². The van der Waals surface area contributed by atoms with Gasteiger partial charge >= 0.3 is 0 Å². The molecule has 0 radical (unpaired) electrons. The Kier molecular flexibility index (Phi) is 5.72. The van der Waals surface area contributed by atoms with E-state index in [4.69, 9.17) is 11.6 Å². The van der Waals surface area contributed by atoms with Crippen molar-refractivity contribution in [2.75, 3.05) is 16.7 Å². The third kappa shape index (κ3) is 4.18. The van der Waals surface area contributed by atoms with Gasteiger partial charge < -0.3 is 5.32 Å². The van der Waals surface area contributed by atoms with E-state index in [1.807, 2.05) is 6.92 Å². The van der Waals surface area contributed by atoms with Gasteiger partial charge in [-0.1, -0.05) is 47.5 Å². The Balaban J connectivity index is 1.95. The quantitative estimate of drug-likeness (QED) is 0.656. The van der Waals surface area contributed by atoms with Gasteiger partial charge in [0.1, 0.15) is 0 Å². The maximum Gasteiger partial charge on any atom is 0.264 e. The number of nitrogens with zero attached hydrogens (tertiary/aromatic N) is 1. The summed E-state index contributed by atoms with van der Waals surface area (Å²) in [5, 5.41) is 3.24. The number of para-hydroxylation sites is 1. The van der Waals surface area contributed by atoms with E-state index in [0.717, 1.165) is 9.87 Å². The Bertz CT molecular complexity index is 1110. The number of benzene rings is 3. The number of hydrogen-bond donors (Lipinski definition) is 1. The molecule has 144 valence electrons. The van der Waals surface area contributed by atoms with E-state index in [9.17, 15) is 13.2 Å². The van der Waals surface area contributed by atoms with Crippen LogP contribution in [0.4, 0.5) is 11.4 Å². The summed E-state index contributed by atoms with van der Waals surface area (Å²) in [6.07, 6.45) is 0. The Morgan fingerprint density at radius 1 is 0.964 bits per heavy atom. The number of hydrogen-bond acceptors (Lipinski definition) is 3. The molecule has 3 aromatic carbocycles. The lowest BCUT2D eigenvalue weighted by Gasteiger charge is -2.22. The average molecular weight is 415 g/mol. The predicted molar refractivity (Wildman–Crippen MR) is 113 cm³/mol. The minimum atomic E-state index is -3.81. The molecule has 0 atom stereocenters. The van der Waals surface area contributed by atoms with Crippen LogP contribution in [-0.4, -0.2) is 21.4 Å². The van der Waals surface area contributed by atoms with Gasteiger partial charge in [-0.25, -0.2) is 8.42 Å². The van der Waals surface area contributed by atoms with Gasteiger partial charge in [0.2, 0.25) is 0 Å².